The molecule has 2 aromatic carbocycles. The van der Waals surface area contributed by atoms with Gasteiger partial charge in [0.2, 0.25) is 0 Å². The number of hydrogen-bond donors (Lipinski definition) is 2. The van der Waals surface area contributed by atoms with E-state index < -0.39 is 17.7 Å². The van der Waals surface area contributed by atoms with E-state index >= 15 is 0 Å². The fourth-order valence-corrected chi connectivity index (χ4v) is 4.00. The van der Waals surface area contributed by atoms with E-state index in [0.717, 1.165) is 5.56 Å². The smallest absolute Gasteiger partial charge is 0.295 e. The fourth-order valence-electron chi connectivity index (χ4n) is 4.00. The molecular weight excluding hydrogens is 448 g/mol. The van der Waals surface area contributed by atoms with Gasteiger partial charge in [0, 0.05) is 18.7 Å². The molecule has 3 rings (SSSR count). The van der Waals surface area contributed by atoms with Gasteiger partial charge in [0.05, 0.1) is 25.3 Å². The van der Waals surface area contributed by atoms with Crippen LogP contribution in [-0.4, -0.2) is 72.6 Å². The molecule has 8 nitrogen and oxygen atoms in total. The van der Waals surface area contributed by atoms with E-state index in [0.29, 0.717) is 35.9 Å². The maximum atomic E-state index is 13.2. The number of likely N-dealkylation sites (tertiary alicyclic amines) is 1. The summed E-state index contributed by atoms with van der Waals surface area (Å²) in [6.45, 7) is 7.35. The average molecular weight is 483 g/mol. The number of carbonyl (C=O) groups is 2. The van der Waals surface area contributed by atoms with Gasteiger partial charge < -0.3 is 29.5 Å². The number of likely N-dealkylation sites (N-methyl/N-ethyl adjacent to an activating group) is 1. The number of Topliss-reactive ketones (excluding diaryl/α,β-unsaturated/α-hetero) is 1. The van der Waals surface area contributed by atoms with Crippen LogP contribution in [0, 0.1) is 12.8 Å². The molecule has 8 heteroatoms. The number of amides is 1. The van der Waals surface area contributed by atoms with Crippen LogP contribution in [0.15, 0.2) is 42.0 Å². The van der Waals surface area contributed by atoms with Crippen molar-refractivity contribution in [1.82, 2.24) is 9.80 Å². The summed E-state index contributed by atoms with van der Waals surface area (Å²) in [4.78, 5) is 29.6. The van der Waals surface area contributed by atoms with Gasteiger partial charge in [-0.1, -0.05) is 19.9 Å². The first-order valence-corrected chi connectivity index (χ1v) is 11.6. The summed E-state index contributed by atoms with van der Waals surface area (Å²) in [7, 11) is 5.18. The lowest BCUT2D eigenvalue weighted by molar-refractivity contribution is -0.140. The van der Waals surface area contributed by atoms with E-state index in [1.165, 1.54) is 18.1 Å². The van der Waals surface area contributed by atoms with Crippen LogP contribution in [0.4, 0.5) is 0 Å². The summed E-state index contributed by atoms with van der Waals surface area (Å²) in [6, 6.07) is 9.00. The number of aliphatic hydroxyl groups is 1. The van der Waals surface area contributed by atoms with Gasteiger partial charge in [0.1, 0.15) is 11.5 Å². The second kappa shape index (κ2) is 10.8. The monoisotopic (exact) mass is 482 g/mol. The molecule has 1 heterocycles. The third-order valence-electron chi connectivity index (χ3n) is 5.87. The minimum Gasteiger partial charge on any atom is -0.507 e. The molecule has 0 spiro atoms. The highest BCUT2D eigenvalue weighted by Crippen LogP contribution is 2.42. The zero-order valence-corrected chi connectivity index (χ0v) is 21.2. The van der Waals surface area contributed by atoms with Gasteiger partial charge in [-0.25, -0.2) is 0 Å². The fraction of sp³-hybridized carbons (Fsp3) is 0.407. The number of phenolic OH excluding ortho intramolecular Hbond substituents is 1. The molecule has 1 atom stereocenters. The van der Waals surface area contributed by atoms with Crippen molar-refractivity contribution in [3.05, 3.63) is 58.7 Å². The maximum Gasteiger partial charge on any atom is 0.295 e. The van der Waals surface area contributed by atoms with Crippen LogP contribution in [0.1, 0.15) is 36.6 Å². The lowest BCUT2D eigenvalue weighted by Gasteiger charge is -2.27. The van der Waals surface area contributed by atoms with Crippen LogP contribution in [0.2, 0.25) is 0 Å². The van der Waals surface area contributed by atoms with Gasteiger partial charge >= 0.3 is 0 Å². The normalized spacial score (nSPS) is 17.5. The van der Waals surface area contributed by atoms with Crippen molar-refractivity contribution in [2.45, 2.75) is 26.8 Å². The van der Waals surface area contributed by atoms with Crippen LogP contribution in [0.25, 0.3) is 5.76 Å². The van der Waals surface area contributed by atoms with Crippen molar-refractivity contribution in [2.24, 2.45) is 5.92 Å². The number of aryl methyl sites for hydroxylation is 1. The highest BCUT2D eigenvalue weighted by molar-refractivity contribution is 6.46. The number of ketones is 1. The van der Waals surface area contributed by atoms with Gasteiger partial charge in [-0.15, -0.1) is 0 Å². The van der Waals surface area contributed by atoms with E-state index in [1.807, 2.05) is 25.9 Å². The Hall–Kier alpha value is -3.52. The molecule has 0 aromatic heterocycles. The van der Waals surface area contributed by atoms with Crippen molar-refractivity contribution in [1.29, 1.82) is 0 Å². The highest BCUT2D eigenvalue weighted by Gasteiger charge is 2.46. The number of phenols is 1. The molecule has 0 bridgehead atoms. The molecule has 35 heavy (non-hydrogen) atoms. The summed E-state index contributed by atoms with van der Waals surface area (Å²) in [5, 5.41) is 21.4. The first-order chi connectivity index (χ1) is 16.5. The Morgan fingerprint density at radius 1 is 1.11 bits per heavy atom. The van der Waals surface area contributed by atoms with E-state index in [4.69, 9.17) is 9.47 Å². The van der Waals surface area contributed by atoms with Gasteiger partial charge in [-0.05, 0) is 68.4 Å². The van der Waals surface area contributed by atoms with Gasteiger partial charge in [0.15, 0.2) is 11.5 Å². The third-order valence-corrected chi connectivity index (χ3v) is 5.87. The van der Waals surface area contributed by atoms with Crippen molar-refractivity contribution in [2.75, 3.05) is 40.9 Å². The molecule has 0 radical (unpaired) electrons. The second-order valence-electron chi connectivity index (χ2n) is 9.41. The quantitative estimate of drug-likeness (QED) is 0.319. The van der Waals surface area contributed by atoms with Gasteiger partial charge in [0.25, 0.3) is 11.7 Å². The zero-order chi connectivity index (χ0) is 25.9. The first-order valence-electron chi connectivity index (χ1n) is 11.6. The number of aliphatic hydroxyl groups excluding tert-OH is 1. The Labute approximate surface area is 206 Å². The minimum atomic E-state index is -0.832. The maximum absolute atomic E-state index is 13.2. The van der Waals surface area contributed by atoms with E-state index in [-0.39, 0.29) is 29.4 Å². The summed E-state index contributed by atoms with van der Waals surface area (Å²) >= 11 is 0. The number of nitrogens with zero attached hydrogens (tertiary/aromatic N) is 2. The zero-order valence-electron chi connectivity index (χ0n) is 21.2. The Morgan fingerprint density at radius 3 is 2.43 bits per heavy atom. The first kappa shape index (κ1) is 26.1. The van der Waals surface area contributed by atoms with E-state index in [9.17, 15) is 19.8 Å². The Bertz CT molecular complexity index is 1140. The van der Waals surface area contributed by atoms with Crippen molar-refractivity contribution >= 4 is 17.4 Å². The number of carbonyl (C=O) groups excluding carboxylic acids is 2. The van der Waals surface area contributed by atoms with Crippen LogP contribution >= 0.6 is 0 Å². The molecular formula is C27H34N2O6. The lowest BCUT2D eigenvalue weighted by atomic mass is 9.94. The summed E-state index contributed by atoms with van der Waals surface area (Å²) in [5.41, 5.74) is 1.77. The molecule has 2 aromatic rings. The molecule has 1 aliphatic rings. The molecule has 1 amide bonds. The number of rotatable bonds is 9. The molecule has 2 N–H and O–H groups in total. The largest absolute Gasteiger partial charge is 0.507 e. The number of methoxy groups -OCH3 is 1. The van der Waals surface area contributed by atoms with Crippen molar-refractivity contribution in [3.8, 4) is 17.2 Å². The van der Waals surface area contributed by atoms with Crippen molar-refractivity contribution < 1.29 is 29.3 Å². The SMILES string of the molecule is COc1cc([C@H]2C(=C(O)c3ccc(OCC(C)C)c(C)c3)C(=O)C(=O)N2CCN(C)C)ccc1O. The minimum absolute atomic E-state index is 0.00301. The molecule has 0 aliphatic carbocycles. The molecule has 188 valence electrons. The number of aromatic hydroxyl groups is 1. The van der Waals surface area contributed by atoms with Gasteiger partial charge in [-0.2, -0.15) is 0 Å². The summed E-state index contributed by atoms with van der Waals surface area (Å²) in [5.74, 6) is -0.483. The van der Waals surface area contributed by atoms with Crippen LogP contribution in [0.5, 0.6) is 17.2 Å². The standard InChI is InChI=1S/C27H34N2O6/c1-16(2)15-35-21-10-8-19(13-17(21)3)25(31)23-24(18-7-9-20(30)22(14-18)34-6)29(12-11-28(4)5)27(33)26(23)32/h7-10,13-14,16,24,30-31H,11-12,15H2,1-6H3/t24-/m0/s1. The highest BCUT2D eigenvalue weighted by atomic mass is 16.5. The second-order valence-corrected chi connectivity index (χ2v) is 9.41. The van der Waals surface area contributed by atoms with Crippen LogP contribution in [-0.2, 0) is 9.59 Å². The molecule has 1 fully saturated rings. The van der Waals surface area contributed by atoms with Crippen molar-refractivity contribution in [3.63, 3.8) is 0 Å². The Kier molecular flexibility index (Phi) is 8.07. The summed E-state index contributed by atoms with van der Waals surface area (Å²) in [6.07, 6.45) is 0. The lowest BCUT2D eigenvalue weighted by Crippen LogP contribution is -2.35. The van der Waals surface area contributed by atoms with E-state index in [2.05, 4.69) is 13.8 Å². The van der Waals surface area contributed by atoms with Crippen LogP contribution in [0.3, 0.4) is 0 Å². The predicted octanol–water partition coefficient (Wildman–Crippen LogP) is 3.73. The third kappa shape index (κ3) is 5.59. The molecule has 1 aliphatic heterocycles. The molecule has 1 saturated heterocycles. The Balaban J connectivity index is 2.11. The predicted molar refractivity (Wildman–Crippen MR) is 134 cm³/mol. The topological polar surface area (TPSA) is 99.5 Å². The number of hydrogen-bond acceptors (Lipinski definition) is 7. The van der Waals surface area contributed by atoms with Gasteiger partial charge in [-0.3, -0.25) is 9.59 Å². The van der Waals surface area contributed by atoms with E-state index in [1.54, 1.807) is 30.3 Å². The molecule has 0 saturated carbocycles. The Morgan fingerprint density at radius 2 is 1.83 bits per heavy atom. The average Bonchev–Trinajstić information content (AvgIpc) is 3.06. The number of benzene rings is 2. The summed E-state index contributed by atoms with van der Waals surface area (Å²) < 4.78 is 11.1. The molecule has 0 unspecified atom stereocenters. The number of ether oxygens (including phenoxy) is 2. The van der Waals surface area contributed by atoms with Crippen LogP contribution < -0.4 is 9.47 Å².